The fourth-order valence-electron chi connectivity index (χ4n) is 2.29. The molecule has 1 unspecified atom stereocenters. The van der Waals surface area contributed by atoms with E-state index in [4.69, 9.17) is 5.11 Å². The van der Waals surface area contributed by atoms with Gasteiger partial charge in [-0.05, 0) is 31.9 Å². The summed E-state index contributed by atoms with van der Waals surface area (Å²) in [7, 11) is 0. The van der Waals surface area contributed by atoms with Crippen LogP contribution >= 0.6 is 0 Å². The Kier molecular flexibility index (Phi) is 3.68. The quantitative estimate of drug-likeness (QED) is 0.820. The number of carbonyl (C=O) groups is 1. The maximum absolute atomic E-state index is 12.2. The van der Waals surface area contributed by atoms with E-state index in [9.17, 15) is 9.90 Å². The molecule has 1 saturated heterocycles. The summed E-state index contributed by atoms with van der Waals surface area (Å²) in [5.41, 5.74) is 0.596. The number of aryl methyl sites for hydroxylation is 1. The monoisotopic (exact) mass is 249 g/mol. The summed E-state index contributed by atoms with van der Waals surface area (Å²) in [5.74, 6) is -0.0819. The van der Waals surface area contributed by atoms with Crippen LogP contribution in [0.4, 0.5) is 0 Å². The zero-order chi connectivity index (χ0) is 13.2. The van der Waals surface area contributed by atoms with Gasteiger partial charge in [-0.25, -0.2) is 0 Å². The van der Waals surface area contributed by atoms with E-state index in [1.54, 1.807) is 17.0 Å². The zero-order valence-corrected chi connectivity index (χ0v) is 10.6. The normalized spacial score (nSPS) is 24.1. The SMILES string of the molecule is Cc1ccc(C(=O)N2CCCC(O)(CO)C2)cc1. The lowest BCUT2D eigenvalue weighted by atomic mass is 9.93. The third-order valence-electron chi connectivity index (χ3n) is 3.44. The highest BCUT2D eigenvalue weighted by atomic mass is 16.3. The van der Waals surface area contributed by atoms with E-state index < -0.39 is 5.60 Å². The molecule has 4 heteroatoms. The van der Waals surface area contributed by atoms with Gasteiger partial charge in [-0.3, -0.25) is 4.79 Å². The van der Waals surface area contributed by atoms with Crippen molar-refractivity contribution in [3.05, 3.63) is 35.4 Å². The highest BCUT2D eigenvalue weighted by Crippen LogP contribution is 2.22. The minimum absolute atomic E-state index is 0.0819. The summed E-state index contributed by atoms with van der Waals surface area (Å²) in [6.45, 7) is 2.51. The van der Waals surface area contributed by atoms with Crippen LogP contribution in [0, 0.1) is 6.92 Å². The van der Waals surface area contributed by atoms with Gasteiger partial charge in [-0.2, -0.15) is 0 Å². The van der Waals surface area contributed by atoms with E-state index in [2.05, 4.69) is 0 Å². The molecule has 0 spiro atoms. The number of nitrogens with zero attached hydrogens (tertiary/aromatic N) is 1. The Balaban J connectivity index is 2.11. The standard InChI is InChI=1S/C14H19NO3/c1-11-3-5-12(6-4-11)13(17)15-8-2-7-14(18,9-15)10-16/h3-6,16,18H,2,7-10H2,1H3. The van der Waals surface area contributed by atoms with E-state index in [1.807, 2.05) is 19.1 Å². The summed E-state index contributed by atoms with van der Waals surface area (Å²) in [4.78, 5) is 13.9. The van der Waals surface area contributed by atoms with E-state index in [0.717, 1.165) is 5.56 Å². The van der Waals surface area contributed by atoms with Gasteiger partial charge in [0.05, 0.1) is 13.2 Å². The molecule has 18 heavy (non-hydrogen) atoms. The molecular weight excluding hydrogens is 230 g/mol. The molecule has 0 saturated carbocycles. The van der Waals surface area contributed by atoms with Gasteiger partial charge >= 0.3 is 0 Å². The lowest BCUT2D eigenvalue weighted by Gasteiger charge is -2.38. The summed E-state index contributed by atoms with van der Waals surface area (Å²) < 4.78 is 0. The molecule has 0 aliphatic carbocycles. The van der Waals surface area contributed by atoms with Crippen LogP contribution in [-0.4, -0.2) is 46.3 Å². The number of β-amino-alcohol motifs (C(OH)–C–C–N with tert-alkyl or cyclic N) is 1. The number of aliphatic hydroxyl groups is 2. The van der Waals surface area contributed by atoms with Crippen LogP contribution in [0.3, 0.4) is 0 Å². The molecule has 4 nitrogen and oxygen atoms in total. The smallest absolute Gasteiger partial charge is 0.253 e. The van der Waals surface area contributed by atoms with Crippen molar-refractivity contribution in [2.24, 2.45) is 0 Å². The zero-order valence-electron chi connectivity index (χ0n) is 10.6. The second-order valence-electron chi connectivity index (χ2n) is 5.08. The molecule has 2 N–H and O–H groups in total. The van der Waals surface area contributed by atoms with E-state index in [0.29, 0.717) is 24.9 Å². The van der Waals surface area contributed by atoms with Crippen LogP contribution in [0.5, 0.6) is 0 Å². The van der Waals surface area contributed by atoms with Crippen molar-refractivity contribution >= 4 is 5.91 Å². The molecular formula is C14H19NO3. The van der Waals surface area contributed by atoms with Crippen molar-refractivity contribution < 1.29 is 15.0 Å². The van der Waals surface area contributed by atoms with Crippen LogP contribution in [0.15, 0.2) is 24.3 Å². The van der Waals surface area contributed by atoms with Gasteiger partial charge in [0, 0.05) is 12.1 Å². The van der Waals surface area contributed by atoms with E-state index in [-0.39, 0.29) is 19.1 Å². The molecule has 98 valence electrons. The Hall–Kier alpha value is -1.39. The minimum Gasteiger partial charge on any atom is -0.393 e. The van der Waals surface area contributed by atoms with Crippen molar-refractivity contribution in [3.8, 4) is 0 Å². The average molecular weight is 249 g/mol. The van der Waals surface area contributed by atoms with Gasteiger partial charge in [-0.15, -0.1) is 0 Å². The number of amides is 1. The van der Waals surface area contributed by atoms with Crippen molar-refractivity contribution in [3.63, 3.8) is 0 Å². The Morgan fingerprint density at radius 3 is 2.67 bits per heavy atom. The Labute approximate surface area is 107 Å². The van der Waals surface area contributed by atoms with Crippen molar-refractivity contribution in [2.45, 2.75) is 25.4 Å². The van der Waals surface area contributed by atoms with Gasteiger partial charge in [0.25, 0.3) is 5.91 Å². The number of hydrogen-bond donors (Lipinski definition) is 2. The average Bonchev–Trinajstić information content (AvgIpc) is 2.39. The van der Waals surface area contributed by atoms with Gasteiger partial charge < -0.3 is 15.1 Å². The highest BCUT2D eigenvalue weighted by Gasteiger charge is 2.34. The van der Waals surface area contributed by atoms with Crippen LogP contribution in [0.2, 0.25) is 0 Å². The van der Waals surface area contributed by atoms with Crippen LogP contribution in [0.1, 0.15) is 28.8 Å². The summed E-state index contributed by atoms with van der Waals surface area (Å²) in [6, 6.07) is 7.39. The molecule has 1 amide bonds. The molecule has 1 atom stereocenters. The maximum atomic E-state index is 12.2. The second kappa shape index (κ2) is 5.08. The van der Waals surface area contributed by atoms with E-state index >= 15 is 0 Å². The van der Waals surface area contributed by atoms with Gasteiger partial charge in [0.15, 0.2) is 0 Å². The molecule has 1 aromatic rings. The number of rotatable bonds is 2. The Morgan fingerprint density at radius 2 is 2.06 bits per heavy atom. The van der Waals surface area contributed by atoms with Crippen LogP contribution < -0.4 is 0 Å². The van der Waals surface area contributed by atoms with Crippen molar-refractivity contribution in [2.75, 3.05) is 19.7 Å². The first kappa shape index (κ1) is 13.1. The minimum atomic E-state index is -1.14. The third kappa shape index (κ3) is 2.71. The second-order valence-corrected chi connectivity index (χ2v) is 5.08. The number of carbonyl (C=O) groups excluding carboxylic acids is 1. The predicted molar refractivity (Wildman–Crippen MR) is 68.4 cm³/mol. The molecule has 1 fully saturated rings. The molecule has 2 rings (SSSR count). The number of likely N-dealkylation sites (tertiary alicyclic amines) is 1. The van der Waals surface area contributed by atoms with Crippen molar-refractivity contribution in [1.82, 2.24) is 4.90 Å². The fraction of sp³-hybridized carbons (Fsp3) is 0.500. The summed E-state index contributed by atoms with van der Waals surface area (Å²) in [6.07, 6.45) is 1.26. The van der Waals surface area contributed by atoms with Gasteiger partial charge in [0.2, 0.25) is 0 Å². The molecule has 0 radical (unpaired) electrons. The Morgan fingerprint density at radius 1 is 1.39 bits per heavy atom. The Bertz CT molecular complexity index is 429. The van der Waals surface area contributed by atoms with Crippen LogP contribution in [0.25, 0.3) is 0 Å². The van der Waals surface area contributed by atoms with Gasteiger partial charge in [-0.1, -0.05) is 17.7 Å². The third-order valence-corrected chi connectivity index (χ3v) is 3.44. The first-order chi connectivity index (χ1) is 8.54. The molecule has 1 heterocycles. The first-order valence-corrected chi connectivity index (χ1v) is 6.23. The topological polar surface area (TPSA) is 60.8 Å². The first-order valence-electron chi connectivity index (χ1n) is 6.23. The fourth-order valence-corrected chi connectivity index (χ4v) is 2.29. The highest BCUT2D eigenvalue weighted by molar-refractivity contribution is 5.94. The molecule has 1 aliphatic heterocycles. The largest absolute Gasteiger partial charge is 0.393 e. The molecule has 1 aromatic carbocycles. The maximum Gasteiger partial charge on any atom is 0.253 e. The summed E-state index contributed by atoms with van der Waals surface area (Å²) >= 11 is 0. The molecule has 0 aromatic heterocycles. The van der Waals surface area contributed by atoms with Crippen LogP contribution in [-0.2, 0) is 0 Å². The van der Waals surface area contributed by atoms with E-state index in [1.165, 1.54) is 0 Å². The van der Waals surface area contributed by atoms with Gasteiger partial charge in [0.1, 0.15) is 5.60 Å². The summed E-state index contributed by atoms with van der Waals surface area (Å²) in [5, 5.41) is 19.2. The van der Waals surface area contributed by atoms with Crippen molar-refractivity contribution in [1.29, 1.82) is 0 Å². The number of hydrogen-bond acceptors (Lipinski definition) is 3. The lowest BCUT2D eigenvalue weighted by molar-refractivity contribution is -0.0598. The molecule has 0 bridgehead atoms. The number of benzene rings is 1. The molecule has 1 aliphatic rings. The number of aliphatic hydroxyl groups excluding tert-OH is 1. The lowest BCUT2D eigenvalue weighted by Crippen LogP contribution is -2.52. The predicted octanol–water partition coefficient (Wildman–Crippen LogP) is 0.954. The number of piperidine rings is 1.